The third-order valence-electron chi connectivity index (χ3n) is 4.57. The molecule has 6 nitrogen and oxygen atoms in total. The number of nitrogens with one attached hydrogen (secondary N) is 2. The minimum Gasteiger partial charge on any atom is -0.487 e. The standard InChI is InChI=1S/C23H34N4O2/c1-5-28-22(18(2)3)13-15-26-23(24-4)27-16-19-9-11-21(12-10-19)29-17-20-8-6-7-14-25-20/h6-12,14,18,22H,5,13,15-17H2,1-4H3,(H2,24,26,27). The fourth-order valence-corrected chi connectivity index (χ4v) is 2.91. The van der Waals surface area contributed by atoms with E-state index in [0.29, 0.717) is 19.1 Å². The Morgan fingerprint density at radius 2 is 1.90 bits per heavy atom. The first-order valence-corrected chi connectivity index (χ1v) is 10.3. The van der Waals surface area contributed by atoms with Crippen molar-refractivity contribution < 1.29 is 9.47 Å². The highest BCUT2D eigenvalue weighted by atomic mass is 16.5. The van der Waals surface area contributed by atoms with E-state index >= 15 is 0 Å². The molecule has 29 heavy (non-hydrogen) atoms. The van der Waals surface area contributed by atoms with Gasteiger partial charge in [-0.15, -0.1) is 0 Å². The number of hydrogen-bond donors (Lipinski definition) is 2. The van der Waals surface area contributed by atoms with Crippen LogP contribution in [0, 0.1) is 5.92 Å². The van der Waals surface area contributed by atoms with E-state index in [9.17, 15) is 0 Å². The van der Waals surface area contributed by atoms with E-state index in [0.717, 1.165) is 42.5 Å². The van der Waals surface area contributed by atoms with E-state index < -0.39 is 0 Å². The fraction of sp³-hybridized carbons (Fsp3) is 0.478. The summed E-state index contributed by atoms with van der Waals surface area (Å²) in [5.41, 5.74) is 2.07. The molecule has 2 N–H and O–H groups in total. The van der Waals surface area contributed by atoms with Gasteiger partial charge in [0.2, 0.25) is 0 Å². The fourth-order valence-electron chi connectivity index (χ4n) is 2.91. The van der Waals surface area contributed by atoms with E-state index in [1.54, 1.807) is 13.2 Å². The molecule has 0 aliphatic heterocycles. The zero-order valence-electron chi connectivity index (χ0n) is 18.0. The summed E-state index contributed by atoms with van der Waals surface area (Å²) in [5.74, 6) is 2.13. The van der Waals surface area contributed by atoms with Crippen molar-refractivity contribution in [2.24, 2.45) is 10.9 Å². The molecule has 2 aromatic rings. The Labute approximate surface area is 174 Å². The summed E-state index contributed by atoms with van der Waals surface area (Å²) in [6, 6.07) is 13.9. The Morgan fingerprint density at radius 1 is 1.10 bits per heavy atom. The maximum Gasteiger partial charge on any atom is 0.191 e. The van der Waals surface area contributed by atoms with Gasteiger partial charge in [-0.25, -0.2) is 0 Å². The SMILES string of the molecule is CCOC(CCNC(=NC)NCc1ccc(OCc2ccccn2)cc1)C(C)C. The van der Waals surface area contributed by atoms with Crippen LogP contribution in [0.15, 0.2) is 53.7 Å². The monoisotopic (exact) mass is 398 g/mol. The minimum absolute atomic E-state index is 0.268. The van der Waals surface area contributed by atoms with Gasteiger partial charge in [0.05, 0.1) is 11.8 Å². The number of nitrogens with zero attached hydrogens (tertiary/aromatic N) is 2. The van der Waals surface area contributed by atoms with Gasteiger partial charge >= 0.3 is 0 Å². The largest absolute Gasteiger partial charge is 0.487 e. The molecule has 1 atom stereocenters. The predicted octanol–water partition coefficient (Wildman–Crippen LogP) is 3.78. The van der Waals surface area contributed by atoms with Crippen molar-refractivity contribution >= 4 is 5.96 Å². The van der Waals surface area contributed by atoms with Gasteiger partial charge in [-0.1, -0.05) is 32.0 Å². The van der Waals surface area contributed by atoms with Crippen LogP contribution in [-0.4, -0.2) is 37.2 Å². The first-order chi connectivity index (χ1) is 14.1. The average molecular weight is 399 g/mol. The maximum absolute atomic E-state index is 5.79. The summed E-state index contributed by atoms with van der Waals surface area (Å²) in [6.45, 7) is 9.15. The van der Waals surface area contributed by atoms with Crippen molar-refractivity contribution in [2.75, 3.05) is 20.2 Å². The molecule has 0 radical (unpaired) electrons. The molecule has 0 amide bonds. The summed E-state index contributed by atoms with van der Waals surface area (Å²) < 4.78 is 11.6. The number of guanidine groups is 1. The van der Waals surface area contributed by atoms with Crippen LogP contribution >= 0.6 is 0 Å². The zero-order chi connectivity index (χ0) is 20.9. The minimum atomic E-state index is 0.268. The first-order valence-electron chi connectivity index (χ1n) is 10.3. The summed E-state index contributed by atoms with van der Waals surface area (Å²) in [5, 5.41) is 6.71. The van der Waals surface area contributed by atoms with E-state index in [-0.39, 0.29) is 6.10 Å². The molecule has 1 aromatic heterocycles. The second-order valence-electron chi connectivity index (χ2n) is 7.13. The van der Waals surface area contributed by atoms with Gasteiger partial charge in [-0.05, 0) is 49.1 Å². The van der Waals surface area contributed by atoms with Gasteiger partial charge in [0.15, 0.2) is 5.96 Å². The molecule has 1 heterocycles. The summed E-state index contributed by atoms with van der Waals surface area (Å²) >= 11 is 0. The highest BCUT2D eigenvalue weighted by Crippen LogP contribution is 2.14. The molecular formula is C23H34N4O2. The van der Waals surface area contributed by atoms with Crippen LogP contribution in [0.25, 0.3) is 0 Å². The second kappa shape index (κ2) is 12.8. The summed E-state index contributed by atoms with van der Waals surface area (Å²) in [7, 11) is 1.78. The van der Waals surface area contributed by atoms with E-state index in [2.05, 4.69) is 46.6 Å². The van der Waals surface area contributed by atoms with Crippen molar-refractivity contribution in [1.29, 1.82) is 0 Å². The third-order valence-corrected chi connectivity index (χ3v) is 4.57. The Balaban J connectivity index is 1.73. The molecule has 0 aliphatic rings. The predicted molar refractivity (Wildman–Crippen MR) is 118 cm³/mol. The Hall–Kier alpha value is -2.60. The van der Waals surface area contributed by atoms with Crippen LogP contribution in [0.1, 0.15) is 38.4 Å². The van der Waals surface area contributed by atoms with Crippen molar-refractivity contribution in [3.63, 3.8) is 0 Å². The lowest BCUT2D eigenvalue weighted by molar-refractivity contribution is 0.0258. The molecular weight excluding hydrogens is 364 g/mol. The Bertz CT molecular complexity index is 717. The number of rotatable bonds is 11. The number of hydrogen-bond acceptors (Lipinski definition) is 4. The van der Waals surface area contributed by atoms with Crippen LogP contribution in [0.2, 0.25) is 0 Å². The lowest BCUT2D eigenvalue weighted by Gasteiger charge is -2.21. The highest BCUT2D eigenvalue weighted by molar-refractivity contribution is 5.79. The molecule has 0 saturated carbocycles. The van der Waals surface area contributed by atoms with Crippen LogP contribution in [0.3, 0.4) is 0 Å². The van der Waals surface area contributed by atoms with Crippen LogP contribution in [-0.2, 0) is 17.9 Å². The topological polar surface area (TPSA) is 67.8 Å². The van der Waals surface area contributed by atoms with Crippen molar-refractivity contribution in [1.82, 2.24) is 15.6 Å². The maximum atomic E-state index is 5.79. The smallest absolute Gasteiger partial charge is 0.191 e. The Morgan fingerprint density at radius 3 is 2.52 bits per heavy atom. The van der Waals surface area contributed by atoms with Crippen molar-refractivity contribution in [2.45, 2.75) is 46.4 Å². The van der Waals surface area contributed by atoms with E-state index in [1.807, 2.05) is 37.3 Å². The Kier molecular flexibility index (Phi) is 10.00. The van der Waals surface area contributed by atoms with Gasteiger partial charge in [-0.2, -0.15) is 0 Å². The number of benzene rings is 1. The average Bonchev–Trinajstić information content (AvgIpc) is 2.75. The van der Waals surface area contributed by atoms with Crippen LogP contribution < -0.4 is 15.4 Å². The van der Waals surface area contributed by atoms with E-state index in [4.69, 9.17) is 9.47 Å². The summed E-state index contributed by atoms with van der Waals surface area (Å²) in [6.07, 6.45) is 2.99. The van der Waals surface area contributed by atoms with Gasteiger partial charge < -0.3 is 20.1 Å². The summed E-state index contributed by atoms with van der Waals surface area (Å²) in [4.78, 5) is 8.55. The molecule has 0 aliphatic carbocycles. The van der Waals surface area contributed by atoms with Crippen LogP contribution in [0.4, 0.5) is 0 Å². The van der Waals surface area contributed by atoms with Gasteiger partial charge in [0, 0.05) is 32.9 Å². The molecule has 158 valence electrons. The molecule has 6 heteroatoms. The lowest BCUT2D eigenvalue weighted by Crippen LogP contribution is -2.38. The normalized spacial score (nSPS) is 12.7. The van der Waals surface area contributed by atoms with E-state index in [1.165, 1.54) is 0 Å². The van der Waals surface area contributed by atoms with Gasteiger partial charge in [-0.3, -0.25) is 9.98 Å². The number of pyridine rings is 1. The van der Waals surface area contributed by atoms with Crippen molar-refractivity contribution in [3.8, 4) is 5.75 Å². The number of aromatic nitrogens is 1. The first kappa shape index (κ1) is 22.7. The highest BCUT2D eigenvalue weighted by Gasteiger charge is 2.12. The molecule has 0 bridgehead atoms. The van der Waals surface area contributed by atoms with Gasteiger partial charge in [0.25, 0.3) is 0 Å². The molecule has 0 saturated heterocycles. The molecule has 0 spiro atoms. The zero-order valence-corrected chi connectivity index (χ0v) is 18.0. The molecule has 1 aromatic carbocycles. The lowest BCUT2D eigenvalue weighted by atomic mass is 10.0. The van der Waals surface area contributed by atoms with Crippen molar-refractivity contribution in [3.05, 3.63) is 59.9 Å². The number of aliphatic imine (C=N–C) groups is 1. The molecule has 1 unspecified atom stereocenters. The third kappa shape index (κ3) is 8.52. The second-order valence-corrected chi connectivity index (χ2v) is 7.13. The molecule has 0 fully saturated rings. The quantitative estimate of drug-likeness (QED) is 0.445. The van der Waals surface area contributed by atoms with Gasteiger partial charge in [0.1, 0.15) is 12.4 Å². The number of ether oxygens (including phenoxy) is 2. The van der Waals surface area contributed by atoms with Crippen LogP contribution in [0.5, 0.6) is 5.75 Å². The molecule has 2 rings (SSSR count).